The largest absolute Gasteiger partial charge is 0.462 e. The van der Waals surface area contributed by atoms with Gasteiger partial charge >= 0.3 is 5.97 Å². The fourth-order valence-electron chi connectivity index (χ4n) is 4.89. The molecule has 270 valence electrons. The maximum atomic E-state index is 13.6. The number of thiophene rings is 1. The predicted octanol–water partition coefficient (Wildman–Crippen LogP) is 8.93. The van der Waals surface area contributed by atoms with Gasteiger partial charge in [0.15, 0.2) is 0 Å². The molecule has 14 heteroatoms. The SMILES string of the molecule is CCOC(=O)c1c(NC(=O)CSc2cccc(NC(=O)/C(=C\c3c(Cl)cccc3Cl)NC(=O)c3ccccc3)c2)sc(C(=O)Nc2ccccc2)c1C. The summed E-state index contributed by atoms with van der Waals surface area (Å²) in [6.45, 7) is 3.41. The monoisotopic (exact) mass is 786 g/mol. The minimum atomic E-state index is -0.656. The van der Waals surface area contributed by atoms with Crippen molar-refractivity contribution in [2.24, 2.45) is 0 Å². The van der Waals surface area contributed by atoms with E-state index < -0.39 is 29.6 Å². The van der Waals surface area contributed by atoms with Crippen molar-refractivity contribution in [1.29, 1.82) is 0 Å². The molecule has 1 heterocycles. The summed E-state index contributed by atoms with van der Waals surface area (Å²) in [5.74, 6) is -2.73. The molecule has 10 nitrogen and oxygen atoms in total. The van der Waals surface area contributed by atoms with Crippen molar-refractivity contribution in [1.82, 2.24) is 5.32 Å². The van der Waals surface area contributed by atoms with Gasteiger partial charge in [-0.3, -0.25) is 19.2 Å². The van der Waals surface area contributed by atoms with Crippen LogP contribution in [0, 0.1) is 6.92 Å². The number of carbonyl (C=O) groups excluding carboxylic acids is 5. The third-order valence-electron chi connectivity index (χ3n) is 7.40. The van der Waals surface area contributed by atoms with Gasteiger partial charge in [-0.1, -0.05) is 71.7 Å². The average Bonchev–Trinajstić information content (AvgIpc) is 3.47. The number of halogens is 2. The number of para-hydroxylation sites is 1. The summed E-state index contributed by atoms with van der Waals surface area (Å²) >= 11 is 14.9. The van der Waals surface area contributed by atoms with E-state index >= 15 is 0 Å². The Kier molecular flexibility index (Phi) is 13.5. The zero-order valence-corrected chi connectivity index (χ0v) is 31.5. The predicted molar refractivity (Wildman–Crippen MR) is 212 cm³/mol. The van der Waals surface area contributed by atoms with Crippen molar-refractivity contribution in [3.8, 4) is 0 Å². The first kappa shape index (κ1) is 38.8. The maximum absolute atomic E-state index is 13.6. The molecule has 0 saturated carbocycles. The number of anilines is 3. The molecule has 0 radical (unpaired) electrons. The molecule has 4 aromatic carbocycles. The van der Waals surface area contributed by atoms with E-state index in [2.05, 4.69) is 21.3 Å². The van der Waals surface area contributed by atoms with Crippen LogP contribution in [0.25, 0.3) is 6.08 Å². The third-order valence-corrected chi connectivity index (χ3v) is 10.3. The lowest BCUT2D eigenvalue weighted by Crippen LogP contribution is -2.30. The van der Waals surface area contributed by atoms with Crippen molar-refractivity contribution < 1.29 is 28.7 Å². The van der Waals surface area contributed by atoms with Gasteiger partial charge in [0.1, 0.15) is 10.7 Å². The number of ether oxygens (including phenoxy) is 1. The van der Waals surface area contributed by atoms with E-state index in [-0.39, 0.29) is 43.5 Å². The van der Waals surface area contributed by atoms with E-state index in [0.717, 1.165) is 11.3 Å². The van der Waals surface area contributed by atoms with Gasteiger partial charge in [0.25, 0.3) is 17.7 Å². The summed E-state index contributed by atoms with van der Waals surface area (Å²) in [7, 11) is 0. The van der Waals surface area contributed by atoms with Gasteiger partial charge < -0.3 is 26.0 Å². The smallest absolute Gasteiger partial charge is 0.341 e. The highest BCUT2D eigenvalue weighted by Crippen LogP contribution is 2.35. The van der Waals surface area contributed by atoms with Crippen LogP contribution in [0.1, 0.15) is 48.4 Å². The van der Waals surface area contributed by atoms with E-state index in [4.69, 9.17) is 27.9 Å². The molecular weight excluding hydrogens is 755 g/mol. The van der Waals surface area contributed by atoms with E-state index in [1.807, 2.05) is 6.07 Å². The number of carbonyl (C=O) groups is 5. The highest BCUT2D eigenvalue weighted by atomic mass is 35.5. The van der Waals surface area contributed by atoms with Gasteiger partial charge in [-0.25, -0.2) is 4.79 Å². The number of amides is 4. The van der Waals surface area contributed by atoms with Crippen LogP contribution in [-0.4, -0.2) is 42.0 Å². The molecule has 0 atom stereocenters. The minimum Gasteiger partial charge on any atom is -0.462 e. The molecule has 4 amide bonds. The van der Waals surface area contributed by atoms with Crippen LogP contribution >= 0.6 is 46.3 Å². The molecular formula is C39H32Cl2N4O6S2. The topological polar surface area (TPSA) is 143 Å². The molecule has 53 heavy (non-hydrogen) atoms. The quantitative estimate of drug-likeness (QED) is 0.0530. The van der Waals surface area contributed by atoms with E-state index in [0.29, 0.717) is 33.0 Å². The zero-order chi connectivity index (χ0) is 37.9. The van der Waals surface area contributed by atoms with E-state index in [9.17, 15) is 24.0 Å². The van der Waals surface area contributed by atoms with Crippen LogP contribution in [0.5, 0.6) is 0 Å². The molecule has 0 spiro atoms. The Bertz CT molecular complexity index is 2170. The second-order valence-corrected chi connectivity index (χ2v) is 14.0. The Morgan fingerprint density at radius 1 is 0.774 bits per heavy atom. The fourth-order valence-corrected chi connectivity index (χ4v) is 7.25. The number of hydrogen-bond donors (Lipinski definition) is 4. The third kappa shape index (κ3) is 10.4. The molecule has 0 aliphatic rings. The maximum Gasteiger partial charge on any atom is 0.341 e. The molecule has 0 bridgehead atoms. The fraction of sp³-hybridized carbons (Fsp3) is 0.103. The molecule has 0 aliphatic heterocycles. The summed E-state index contributed by atoms with van der Waals surface area (Å²) in [6.07, 6.45) is 1.40. The summed E-state index contributed by atoms with van der Waals surface area (Å²) < 4.78 is 5.23. The summed E-state index contributed by atoms with van der Waals surface area (Å²) in [6, 6.07) is 29.0. The molecule has 0 fully saturated rings. The number of benzene rings is 4. The molecule has 1 aromatic heterocycles. The second kappa shape index (κ2) is 18.4. The zero-order valence-electron chi connectivity index (χ0n) is 28.3. The average molecular weight is 788 g/mol. The number of hydrogen-bond acceptors (Lipinski definition) is 8. The summed E-state index contributed by atoms with van der Waals surface area (Å²) in [4.78, 5) is 66.7. The molecule has 0 aliphatic carbocycles. The van der Waals surface area contributed by atoms with Gasteiger partial charge in [-0.15, -0.1) is 23.1 Å². The number of nitrogens with one attached hydrogen (secondary N) is 4. The summed E-state index contributed by atoms with van der Waals surface area (Å²) in [5.41, 5.74) is 2.05. The summed E-state index contributed by atoms with van der Waals surface area (Å²) in [5, 5.41) is 11.8. The lowest BCUT2D eigenvalue weighted by atomic mass is 10.1. The first-order valence-electron chi connectivity index (χ1n) is 16.1. The van der Waals surface area contributed by atoms with Crippen LogP contribution in [0.15, 0.2) is 114 Å². The van der Waals surface area contributed by atoms with Crippen LogP contribution < -0.4 is 21.3 Å². The van der Waals surface area contributed by atoms with Gasteiger partial charge in [0.2, 0.25) is 5.91 Å². The van der Waals surface area contributed by atoms with Gasteiger partial charge in [-0.2, -0.15) is 0 Å². The van der Waals surface area contributed by atoms with Gasteiger partial charge in [0, 0.05) is 37.4 Å². The first-order valence-corrected chi connectivity index (χ1v) is 18.6. The molecule has 5 aromatic rings. The normalized spacial score (nSPS) is 11.0. The number of rotatable bonds is 13. The highest BCUT2D eigenvalue weighted by molar-refractivity contribution is 8.00. The number of thioether (sulfide) groups is 1. The van der Waals surface area contributed by atoms with E-state index in [1.165, 1.54) is 17.8 Å². The van der Waals surface area contributed by atoms with Crippen molar-refractivity contribution in [3.63, 3.8) is 0 Å². The van der Waals surface area contributed by atoms with Crippen LogP contribution in [-0.2, 0) is 14.3 Å². The van der Waals surface area contributed by atoms with Crippen LogP contribution in [0.4, 0.5) is 16.4 Å². The van der Waals surface area contributed by atoms with Crippen molar-refractivity contribution in [2.75, 3.05) is 28.3 Å². The molecule has 4 N–H and O–H groups in total. The number of esters is 1. The van der Waals surface area contributed by atoms with E-state index in [1.54, 1.807) is 111 Å². The van der Waals surface area contributed by atoms with Crippen LogP contribution in [0.2, 0.25) is 10.0 Å². The highest BCUT2D eigenvalue weighted by Gasteiger charge is 2.27. The molecule has 5 rings (SSSR count). The lowest BCUT2D eigenvalue weighted by Gasteiger charge is -2.13. The Hall–Kier alpha value is -5.40. The van der Waals surface area contributed by atoms with Crippen molar-refractivity contribution in [3.05, 3.63) is 146 Å². The Morgan fingerprint density at radius 3 is 2.09 bits per heavy atom. The van der Waals surface area contributed by atoms with Gasteiger partial charge in [-0.05, 0) is 80.1 Å². The van der Waals surface area contributed by atoms with Crippen LogP contribution in [0.3, 0.4) is 0 Å². The van der Waals surface area contributed by atoms with Crippen molar-refractivity contribution in [2.45, 2.75) is 18.7 Å². The standard InChI is InChI=1S/C39H32Cl2N4O6S2/c1-3-51-39(50)33-23(2)34(37(49)42-25-14-8-5-9-15-25)53-38(33)45-32(46)22-52-27-17-10-16-26(20-27)43-36(48)31(21-28-29(40)18-11-19-30(28)41)44-35(47)24-12-6-4-7-13-24/h4-21H,3,22H2,1-2H3,(H,42,49)(H,43,48)(H,44,47)(H,45,46)/b31-21+. The Labute approximate surface area is 323 Å². The first-order chi connectivity index (χ1) is 25.5. The molecule has 0 unspecified atom stereocenters. The Balaban J connectivity index is 1.29. The van der Waals surface area contributed by atoms with Crippen molar-refractivity contribution >= 4 is 98.4 Å². The lowest BCUT2D eigenvalue weighted by molar-refractivity contribution is -0.114. The molecule has 0 saturated heterocycles. The van der Waals surface area contributed by atoms with Gasteiger partial charge in [0.05, 0.1) is 22.8 Å². The second-order valence-electron chi connectivity index (χ2n) is 11.1. The Morgan fingerprint density at radius 2 is 1.42 bits per heavy atom. The minimum absolute atomic E-state index is 0.0640.